The quantitative estimate of drug-likeness (QED) is 0.561. The van der Waals surface area contributed by atoms with Crippen LogP contribution in [0.3, 0.4) is 0 Å². The summed E-state index contributed by atoms with van der Waals surface area (Å²) < 4.78 is 9.58. The van der Waals surface area contributed by atoms with Crippen molar-refractivity contribution in [3.63, 3.8) is 0 Å². The Balaban J connectivity index is 2.64. The molecule has 0 bridgehead atoms. The summed E-state index contributed by atoms with van der Waals surface area (Å²) in [5.41, 5.74) is 2.17. The Bertz CT molecular complexity index is 188. The standard InChI is InChI=1S/C7H9ClO3/c1-10-7(9)6-5(4-8)2-3-11-6/h4,6H,2-3H2,1H3/b5-4-. The summed E-state index contributed by atoms with van der Waals surface area (Å²) in [6.45, 7) is 0.540. The van der Waals surface area contributed by atoms with Crippen LogP contribution in [-0.4, -0.2) is 25.8 Å². The Morgan fingerprint density at radius 3 is 3.18 bits per heavy atom. The zero-order chi connectivity index (χ0) is 8.27. The largest absolute Gasteiger partial charge is 0.467 e. The van der Waals surface area contributed by atoms with Crippen LogP contribution < -0.4 is 0 Å². The molecule has 0 aliphatic carbocycles. The Hall–Kier alpha value is -0.540. The molecular formula is C7H9ClO3. The number of esters is 1. The van der Waals surface area contributed by atoms with Crippen molar-refractivity contribution in [2.24, 2.45) is 0 Å². The van der Waals surface area contributed by atoms with Crippen molar-refractivity contribution in [1.29, 1.82) is 0 Å². The molecule has 1 atom stereocenters. The lowest BCUT2D eigenvalue weighted by molar-refractivity contribution is -0.149. The predicted octanol–water partition coefficient (Wildman–Crippen LogP) is 1.07. The maximum Gasteiger partial charge on any atom is 0.339 e. The lowest BCUT2D eigenvalue weighted by Gasteiger charge is -2.06. The van der Waals surface area contributed by atoms with Gasteiger partial charge in [0.2, 0.25) is 0 Å². The number of carbonyl (C=O) groups is 1. The highest BCUT2D eigenvalue weighted by molar-refractivity contribution is 6.26. The third kappa shape index (κ3) is 1.73. The van der Waals surface area contributed by atoms with Gasteiger partial charge in [-0.2, -0.15) is 0 Å². The van der Waals surface area contributed by atoms with Gasteiger partial charge >= 0.3 is 5.97 Å². The monoisotopic (exact) mass is 176 g/mol. The van der Waals surface area contributed by atoms with Gasteiger partial charge in [-0.1, -0.05) is 11.6 Å². The van der Waals surface area contributed by atoms with Crippen LogP contribution in [-0.2, 0) is 14.3 Å². The van der Waals surface area contributed by atoms with E-state index in [4.69, 9.17) is 16.3 Å². The molecule has 3 nitrogen and oxygen atoms in total. The van der Waals surface area contributed by atoms with E-state index < -0.39 is 6.10 Å². The van der Waals surface area contributed by atoms with Crippen LogP contribution >= 0.6 is 11.6 Å². The second-order valence-corrected chi connectivity index (χ2v) is 2.43. The van der Waals surface area contributed by atoms with Crippen LogP contribution in [0.15, 0.2) is 11.1 Å². The molecule has 0 aromatic rings. The van der Waals surface area contributed by atoms with E-state index in [9.17, 15) is 4.79 Å². The smallest absolute Gasteiger partial charge is 0.339 e. The van der Waals surface area contributed by atoms with Crippen molar-refractivity contribution < 1.29 is 14.3 Å². The SMILES string of the molecule is COC(=O)C1OCC/C1=C/Cl. The molecule has 1 fully saturated rings. The predicted molar refractivity (Wildman–Crippen MR) is 40.3 cm³/mol. The van der Waals surface area contributed by atoms with E-state index in [1.165, 1.54) is 12.6 Å². The van der Waals surface area contributed by atoms with E-state index in [1.807, 2.05) is 0 Å². The number of rotatable bonds is 1. The summed E-state index contributed by atoms with van der Waals surface area (Å²) in [7, 11) is 1.33. The highest BCUT2D eigenvalue weighted by Crippen LogP contribution is 2.21. The zero-order valence-electron chi connectivity index (χ0n) is 6.17. The zero-order valence-corrected chi connectivity index (χ0v) is 6.93. The normalized spacial score (nSPS) is 27.5. The van der Waals surface area contributed by atoms with Crippen LogP contribution in [0.1, 0.15) is 6.42 Å². The Kier molecular flexibility index (Phi) is 2.91. The Morgan fingerprint density at radius 2 is 2.64 bits per heavy atom. The molecule has 1 saturated heterocycles. The average molecular weight is 177 g/mol. The van der Waals surface area contributed by atoms with Crippen molar-refractivity contribution in [1.82, 2.24) is 0 Å². The third-order valence-electron chi connectivity index (χ3n) is 1.57. The highest BCUT2D eigenvalue weighted by atomic mass is 35.5. The third-order valence-corrected chi connectivity index (χ3v) is 1.85. The molecular weight excluding hydrogens is 168 g/mol. The van der Waals surface area contributed by atoms with Gasteiger partial charge in [0.15, 0.2) is 6.10 Å². The highest BCUT2D eigenvalue weighted by Gasteiger charge is 2.29. The number of carbonyl (C=O) groups excluding carboxylic acids is 1. The summed E-state index contributed by atoms with van der Waals surface area (Å²) in [5, 5.41) is 0. The Labute approximate surface area is 69.9 Å². The van der Waals surface area contributed by atoms with E-state index in [1.54, 1.807) is 0 Å². The molecule has 0 aromatic heterocycles. The summed E-state index contributed by atoms with van der Waals surface area (Å²) in [4.78, 5) is 10.9. The molecule has 11 heavy (non-hydrogen) atoms. The first-order valence-corrected chi connectivity index (χ1v) is 3.72. The van der Waals surface area contributed by atoms with Gasteiger partial charge in [0.25, 0.3) is 0 Å². The van der Waals surface area contributed by atoms with Gasteiger partial charge in [-0.25, -0.2) is 4.79 Å². The first kappa shape index (κ1) is 8.56. The van der Waals surface area contributed by atoms with E-state index in [0.717, 1.165) is 5.57 Å². The molecule has 0 saturated carbocycles. The molecule has 0 aromatic carbocycles. The number of hydrogen-bond donors (Lipinski definition) is 0. The lowest BCUT2D eigenvalue weighted by Crippen LogP contribution is -2.22. The molecule has 0 N–H and O–H groups in total. The second-order valence-electron chi connectivity index (χ2n) is 2.21. The van der Waals surface area contributed by atoms with Crippen LogP contribution in [0.4, 0.5) is 0 Å². The number of halogens is 1. The van der Waals surface area contributed by atoms with Crippen LogP contribution in [0.5, 0.6) is 0 Å². The average Bonchev–Trinajstić information content (AvgIpc) is 2.50. The summed E-state index contributed by atoms with van der Waals surface area (Å²) in [6, 6.07) is 0. The Morgan fingerprint density at radius 1 is 1.91 bits per heavy atom. The maximum atomic E-state index is 10.9. The fraction of sp³-hybridized carbons (Fsp3) is 0.571. The van der Waals surface area contributed by atoms with Crippen molar-refractivity contribution in [3.8, 4) is 0 Å². The van der Waals surface area contributed by atoms with Gasteiger partial charge < -0.3 is 9.47 Å². The second kappa shape index (κ2) is 3.74. The van der Waals surface area contributed by atoms with Crippen molar-refractivity contribution in [2.75, 3.05) is 13.7 Å². The molecule has 0 spiro atoms. The van der Waals surface area contributed by atoms with Gasteiger partial charge in [-0.05, 0) is 12.0 Å². The minimum atomic E-state index is -0.572. The van der Waals surface area contributed by atoms with Crippen LogP contribution in [0.2, 0.25) is 0 Å². The minimum absolute atomic E-state index is 0.380. The van der Waals surface area contributed by atoms with E-state index in [0.29, 0.717) is 13.0 Å². The van der Waals surface area contributed by atoms with Gasteiger partial charge in [-0.15, -0.1) is 0 Å². The topological polar surface area (TPSA) is 35.5 Å². The van der Waals surface area contributed by atoms with E-state index in [-0.39, 0.29) is 5.97 Å². The van der Waals surface area contributed by atoms with Gasteiger partial charge in [0.1, 0.15) is 0 Å². The molecule has 1 aliphatic heterocycles. The summed E-state index contributed by atoms with van der Waals surface area (Å²) >= 11 is 5.45. The fourth-order valence-electron chi connectivity index (χ4n) is 0.971. The molecule has 1 aliphatic rings. The molecule has 62 valence electrons. The number of methoxy groups -OCH3 is 1. The maximum absolute atomic E-state index is 10.9. The van der Waals surface area contributed by atoms with Gasteiger partial charge in [0.05, 0.1) is 13.7 Å². The molecule has 0 radical (unpaired) electrons. The van der Waals surface area contributed by atoms with Crippen LogP contribution in [0.25, 0.3) is 0 Å². The molecule has 1 unspecified atom stereocenters. The molecule has 1 heterocycles. The first-order valence-electron chi connectivity index (χ1n) is 3.28. The van der Waals surface area contributed by atoms with Crippen molar-refractivity contribution in [3.05, 3.63) is 11.1 Å². The summed E-state index contributed by atoms with van der Waals surface area (Å²) in [5.74, 6) is -0.380. The summed E-state index contributed by atoms with van der Waals surface area (Å²) in [6.07, 6.45) is 0.140. The minimum Gasteiger partial charge on any atom is -0.467 e. The number of ether oxygens (including phenoxy) is 2. The van der Waals surface area contributed by atoms with E-state index >= 15 is 0 Å². The molecule has 1 rings (SSSR count). The first-order chi connectivity index (χ1) is 5.29. The van der Waals surface area contributed by atoms with Gasteiger partial charge in [-0.3, -0.25) is 0 Å². The molecule has 0 amide bonds. The van der Waals surface area contributed by atoms with E-state index in [2.05, 4.69) is 4.74 Å². The fourth-order valence-corrected chi connectivity index (χ4v) is 1.19. The number of hydrogen-bond acceptors (Lipinski definition) is 3. The van der Waals surface area contributed by atoms with Gasteiger partial charge in [0, 0.05) is 5.54 Å². The van der Waals surface area contributed by atoms with Crippen molar-refractivity contribution in [2.45, 2.75) is 12.5 Å². The lowest BCUT2D eigenvalue weighted by atomic mass is 10.1. The van der Waals surface area contributed by atoms with Crippen molar-refractivity contribution >= 4 is 17.6 Å². The molecule has 4 heteroatoms. The van der Waals surface area contributed by atoms with Crippen LogP contribution in [0, 0.1) is 0 Å².